The van der Waals surface area contributed by atoms with Crippen LogP contribution in [0.15, 0.2) is 16.6 Å². The van der Waals surface area contributed by atoms with E-state index in [9.17, 15) is 0 Å². The Bertz CT molecular complexity index is 458. The molecule has 1 atom stereocenters. The van der Waals surface area contributed by atoms with Crippen molar-refractivity contribution in [3.8, 4) is 11.5 Å². The molecule has 4 heteroatoms. The average Bonchev–Trinajstić information content (AvgIpc) is 3.06. The molecule has 0 unspecified atom stereocenters. The van der Waals surface area contributed by atoms with Crippen molar-refractivity contribution in [1.82, 2.24) is 5.32 Å². The molecule has 0 radical (unpaired) electrons. The maximum atomic E-state index is 5.45. The molecule has 2 aliphatic rings. The Morgan fingerprint density at radius 3 is 2.89 bits per heavy atom. The maximum absolute atomic E-state index is 5.45. The molecule has 1 heterocycles. The average molecular weight is 326 g/mol. The highest BCUT2D eigenvalue weighted by molar-refractivity contribution is 9.10. The van der Waals surface area contributed by atoms with Crippen molar-refractivity contribution in [2.24, 2.45) is 5.92 Å². The minimum Gasteiger partial charge on any atom is -0.454 e. The van der Waals surface area contributed by atoms with E-state index in [0.29, 0.717) is 12.8 Å². The fourth-order valence-electron chi connectivity index (χ4n) is 3.03. The monoisotopic (exact) mass is 325 g/mol. The van der Waals surface area contributed by atoms with Gasteiger partial charge in [-0.1, -0.05) is 12.8 Å². The molecule has 0 amide bonds. The Kier molecular flexibility index (Phi) is 3.99. The van der Waals surface area contributed by atoms with Crippen LogP contribution in [-0.2, 0) is 6.54 Å². The van der Waals surface area contributed by atoms with Gasteiger partial charge in [-0.25, -0.2) is 0 Å². The van der Waals surface area contributed by atoms with Crippen LogP contribution in [-0.4, -0.2) is 12.8 Å². The summed E-state index contributed by atoms with van der Waals surface area (Å²) in [5.74, 6) is 2.52. The molecule has 19 heavy (non-hydrogen) atoms. The molecule has 3 rings (SSSR count). The van der Waals surface area contributed by atoms with Gasteiger partial charge in [0.25, 0.3) is 0 Å². The first kappa shape index (κ1) is 13.3. The summed E-state index contributed by atoms with van der Waals surface area (Å²) in [6, 6.07) is 4.77. The van der Waals surface area contributed by atoms with Crippen molar-refractivity contribution in [3.05, 3.63) is 22.2 Å². The molecule has 1 aromatic carbocycles. The van der Waals surface area contributed by atoms with Crippen molar-refractivity contribution in [3.63, 3.8) is 0 Å². The highest BCUT2D eigenvalue weighted by Crippen LogP contribution is 2.40. The van der Waals surface area contributed by atoms with Crippen LogP contribution in [0.1, 0.15) is 38.2 Å². The Labute approximate surface area is 122 Å². The molecule has 0 saturated heterocycles. The molecule has 1 aromatic rings. The molecular formula is C15H20BrNO2. The molecule has 0 spiro atoms. The van der Waals surface area contributed by atoms with Gasteiger partial charge in [0.15, 0.2) is 11.5 Å². The van der Waals surface area contributed by atoms with Gasteiger partial charge in [-0.05, 0) is 59.3 Å². The Hall–Kier alpha value is -0.740. The predicted molar refractivity (Wildman–Crippen MR) is 78.5 cm³/mol. The normalized spacial score (nSPS) is 19.9. The fourth-order valence-corrected chi connectivity index (χ4v) is 3.63. The summed E-state index contributed by atoms with van der Waals surface area (Å²) in [5, 5.41) is 3.64. The first-order valence-corrected chi connectivity index (χ1v) is 7.85. The Balaban J connectivity index is 1.62. The number of nitrogens with one attached hydrogen (secondary N) is 1. The quantitative estimate of drug-likeness (QED) is 0.912. The first-order chi connectivity index (χ1) is 9.24. The molecule has 1 saturated carbocycles. The molecule has 0 aromatic heterocycles. The van der Waals surface area contributed by atoms with E-state index in [-0.39, 0.29) is 0 Å². The second-order valence-corrected chi connectivity index (χ2v) is 6.38. The minimum absolute atomic E-state index is 0.323. The maximum Gasteiger partial charge on any atom is 0.231 e. The number of rotatable bonds is 4. The summed E-state index contributed by atoms with van der Waals surface area (Å²) >= 11 is 3.54. The van der Waals surface area contributed by atoms with Crippen LogP contribution >= 0.6 is 15.9 Å². The molecular weight excluding hydrogens is 306 g/mol. The number of ether oxygens (including phenoxy) is 2. The van der Waals surface area contributed by atoms with Crippen molar-refractivity contribution in [2.75, 3.05) is 6.79 Å². The highest BCUT2D eigenvalue weighted by Gasteiger charge is 2.22. The molecule has 1 aliphatic carbocycles. The minimum atomic E-state index is 0.323. The van der Waals surface area contributed by atoms with Crippen LogP contribution in [0.25, 0.3) is 0 Å². The number of benzene rings is 1. The van der Waals surface area contributed by atoms with Crippen LogP contribution in [0.2, 0.25) is 0 Å². The van der Waals surface area contributed by atoms with Gasteiger partial charge in [-0.3, -0.25) is 0 Å². The lowest BCUT2D eigenvalue weighted by atomic mass is 9.99. The van der Waals surface area contributed by atoms with Gasteiger partial charge in [0, 0.05) is 12.6 Å². The highest BCUT2D eigenvalue weighted by atomic mass is 79.9. The van der Waals surface area contributed by atoms with Gasteiger partial charge < -0.3 is 14.8 Å². The van der Waals surface area contributed by atoms with E-state index in [1.807, 2.05) is 0 Å². The lowest BCUT2D eigenvalue weighted by Crippen LogP contribution is -2.31. The summed E-state index contributed by atoms with van der Waals surface area (Å²) in [6.07, 6.45) is 5.54. The Morgan fingerprint density at radius 2 is 2.11 bits per heavy atom. The summed E-state index contributed by atoms with van der Waals surface area (Å²) < 4.78 is 11.8. The fraction of sp³-hybridized carbons (Fsp3) is 0.600. The zero-order valence-electron chi connectivity index (χ0n) is 11.2. The van der Waals surface area contributed by atoms with E-state index in [2.05, 4.69) is 40.3 Å². The van der Waals surface area contributed by atoms with Gasteiger partial charge in [-0.2, -0.15) is 0 Å². The third-order valence-corrected chi connectivity index (χ3v) is 4.81. The standard InChI is InChI=1S/C15H20BrNO2/c1-10(12-4-2-3-5-12)17-8-11-6-13(16)15-14(7-11)18-9-19-15/h6-7,10,12,17H,2-5,8-9H2,1H3/t10-/m0/s1. The number of hydrogen-bond donors (Lipinski definition) is 1. The van der Waals surface area contributed by atoms with E-state index >= 15 is 0 Å². The van der Waals surface area contributed by atoms with Gasteiger partial charge in [0.1, 0.15) is 0 Å². The molecule has 1 N–H and O–H groups in total. The number of fused-ring (bicyclic) bond motifs is 1. The van der Waals surface area contributed by atoms with Crippen LogP contribution in [0.3, 0.4) is 0 Å². The van der Waals surface area contributed by atoms with E-state index < -0.39 is 0 Å². The second kappa shape index (κ2) is 5.71. The van der Waals surface area contributed by atoms with Crippen molar-refractivity contribution >= 4 is 15.9 Å². The number of halogens is 1. The second-order valence-electron chi connectivity index (χ2n) is 5.53. The summed E-state index contributed by atoms with van der Waals surface area (Å²) in [6.45, 7) is 3.51. The van der Waals surface area contributed by atoms with E-state index in [0.717, 1.165) is 28.4 Å². The van der Waals surface area contributed by atoms with Crippen LogP contribution < -0.4 is 14.8 Å². The van der Waals surface area contributed by atoms with Crippen LogP contribution in [0, 0.1) is 5.92 Å². The Morgan fingerprint density at radius 1 is 1.32 bits per heavy atom. The molecule has 3 nitrogen and oxygen atoms in total. The van der Waals surface area contributed by atoms with Crippen molar-refractivity contribution in [2.45, 2.75) is 45.2 Å². The summed E-state index contributed by atoms with van der Waals surface area (Å²) in [4.78, 5) is 0. The van der Waals surface area contributed by atoms with Crippen LogP contribution in [0.5, 0.6) is 11.5 Å². The van der Waals surface area contributed by atoms with Gasteiger partial charge in [0.05, 0.1) is 4.47 Å². The lowest BCUT2D eigenvalue weighted by Gasteiger charge is -2.20. The zero-order valence-corrected chi connectivity index (χ0v) is 12.8. The van der Waals surface area contributed by atoms with Gasteiger partial charge in [0.2, 0.25) is 6.79 Å². The smallest absolute Gasteiger partial charge is 0.231 e. The predicted octanol–water partition coefficient (Wildman–Crippen LogP) is 3.85. The van der Waals surface area contributed by atoms with Crippen molar-refractivity contribution < 1.29 is 9.47 Å². The summed E-state index contributed by atoms with van der Waals surface area (Å²) in [5.41, 5.74) is 1.24. The zero-order chi connectivity index (χ0) is 13.2. The number of hydrogen-bond acceptors (Lipinski definition) is 3. The van der Waals surface area contributed by atoms with Crippen LogP contribution in [0.4, 0.5) is 0 Å². The van der Waals surface area contributed by atoms with E-state index in [4.69, 9.17) is 9.47 Å². The van der Waals surface area contributed by atoms with Crippen molar-refractivity contribution in [1.29, 1.82) is 0 Å². The van der Waals surface area contributed by atoms with Gasteiger partial charge >= 0.3 is 0 Å². The summed E-state index contributed by atoms with van der Waals surface area (Å²) in [7, 11) is 0. The SMILES string of the molecule is C[C@H](NCc1cc(Br)c2c(c1)OCO2)C1CCCC1. The molecule has 0 bridgehead atoms. The topological polar surface area (TPSA) is 30.5 Å². The first-order valence-electron chi connectivity index (χ1n) is 7.05. The third-order valence-electron chi connectivity index (χ3n) is 4.22. The molecule has 104 valence electrons. The largest absolute Gasteiger partial charge is 0.454 e. The molecule has 1 aliphatic heterocycles. The van der Waals surface area contributed by atoms with E-state index in [1.165, 1.54) is 31.2 Å². The lowest BCUT2D eigenvalue weighted by molar-refractivity contribution is 0.173. The van der Waals surface area contributed by atoms with E-state index in [1.54, 1.807) is 0 Å². The third kappa shape index (κ3) is 2.90. The van der Waals surface area contributed by atoms with Gasteiger partial charge in [-0.15, -0.1) is 0 Å². The molecule has 1 fully saturated rings.